The molecule has 1 aliphatic rings. The van der Waals surface area contributed by atoms with Crippen molar-refractivity contribution in [1.82, 2.24) is 10.6 Å². The summed E-state index contributed by atoms with van der Waals surface area (Å²) in [6.45, 7) is 10.4. The smallest absolute Gasteiger partial charge is 0.251 e. The fraction of sp³-hybridized carbons (Fsp3) is 0.548. The number of hydrogen-bond acceptors (Lipinski definition) is 5. The molecule has 2 amide bonds. The molecule has 0 aromatic heterocycles. The summed E-state index contributed by atoms with van der Waals surface area (Å²) in [5, 5.41) is 21.0. The Hall–Kier alpha value is -2.90. The molecule has 2 aromatic carbocycles. The largest absolute Gasteiger partial charge is 0.390 e. The summed E-state index contributed by atoms with van der Waals surface area (Å²) in [4.78, 5) is 27.7. The van der Waals surface area contributed by atoms with Gasteiger partial charge in [-0.3, -0.25) is 9.59 Å². The van der Waals surface area contributed by atoms with Crippen molar-refractivity contribution >= 4 is 23.2 Å². The molecule has 1 saturated heterocycles. The first-order valence-corrected chi connectivity index (χ1v) is 14.2. The van der Waals surface area contributed by atoms with Gasteiger partial charge >= 0.3 is 0 Å². The van der Waals surface area contributed by atoms with Gasteiger partial charge in [0.1, 0.15) is 0 Å². The van der Waals surface area contributed by atoms with Gasteiger partial charge in [0.05, 0.1) is 12.1 Å². The number of nitrogens with one attached hydrogen (secondary N) is 3. The van der Waals surface area contributed by atoms with E-state index >= 15 is 0 Å². The van der Waals surface area contributed by atoms with Gasteiger partial charge in [-0.2, -0.15) is 0 Å². The maximum Gasteiger partial charge on any atom is 0.251 e. The molecule has 0 saturated carbocycles. The molecule has 1 unspecified atom stereocenters. The maximum absolute atomic E-state index is 13.5. The van der Waals surface area contributed by atoms with Crippen molar-refractivity contribution in [2.45, 2.75) is 84.4 Å². The lowest BCUT2D eigenvalue weighted by Gasteiger charge is -2.27. The van der Waals surface area contributed by atoms with Crippen molar-refractivity contribution in [2.24, 2.45) is 5.92 Å². The molecule has 4 N–H and O–H groups in total. The lowest BCUT2D eigenvalue weighted by atomic mass is 9.99. The Morgan fingerprint density at radius 3 is 2.50 bits per heavy atom. The standard InChI is InChI=1S/C31H46N4O3/c1-5-32-26-18-25(19-27(20-26)35-16-10-15-30(35)37)31(38)34-28(17-24-13-7-6-8-14-24)29(36)21-33-23(4)12-9-11-22(2)3/h6-8,13-14,18-20,22-23,28-29,32-33,36H,5,9-12,15-17,21H2,1-4H3,(H,34,38)/t23?,28-,29+/m0/s1. The van der Waals surface area contributed by atoms with E-state index < -0.39 is 12.1 Å². The van der Waals surface area contributed by atoms with Gasteiger partial charge in [0.15, 0.2) is 0 Å². The summed E-state index contributed by atoms with van der Waals surface area (Å²) >= 11 is 0. The summed E-state index contributed by atoms with van der Waals surface area (Å²) < 4.78 is 0. The maximum atomic E-state index is 13.5. The van der Waals surface area contributed by atoms with Crippen LogP contribution in [-0.2, 0) is 11.2 Å². The van der Waals surface area contributed by atoms with Crippen molar-refractivity contribution in [3.63, 3.8) is 0 Å². The van der Waals surface area contributed by atoms with Gasteiger partial charge in [-0.15, -0.1) is 0 Å². The van der Waals surface area contributed by atoms with E-state index in [9.17, 15) is 14.7 Å². The number of aliphatic hydroxyl groups excluding tert-OH is 1. The van der Waals surface area contributed by atoms with E-state index in [1.54, 1.807) is 11.0 Å². The lowest BCUT2D eigenvalue weighted by Crippen LogP contribution is -2.49. The molecular weight excluding hydrogens is 476 g/mol. The number of carbonyl (C=O) groups is 2. The molecular formula is C31H46N4O3. The van der Waals surface area contributed by atoms with Crippen LogP contribution < -0.4 is 20.9 Å². The van der Waals surface area contributed by atoms with E-state index in [-0.39, 0.29) is 17.9 Å². The third kappa shape index (κ3) is 9.14. The quantitative estimate of drug-likeness (QED) is 0.271. The van der Waals surface area contributed by atoms with Crippen molar-refractivity contribution < 1.29 is 14.7 Å². The normalized spacial score (nSPS) is 15.9. The van der Waals surface area contributed by atoms with Gasteiger partial charge in [0.25, 0.3) is 5.91 Å². The van der Waals surface area contributed by atoms with E-state index in [1.807, 2.05) is 49.4 Å². The number of rotatable bonds is 15. The SMILES string of the molecule is CCNc1cc(C(=O)N[C@@H](Cc2ccccc2)[C@H](O)CNC(C)CCCC(C)C)cc(N2CCCC2=O)c1. The fourth-order valence-corrected chi connectivity index (χ4v) is 4.93. The molecule has 0 aliphatic carbocycles. The third-order valence-electron chi connectivity index (χ3n) is 7.12. The predicted molar refractivity (Wildman–Crippen MR) is 156 cm³/mol. The molecule has 38 heavy (non-hydrogen) atoms. The highest BCUT2D eigenvalue weighted by Gasteiger charge is 2.26. The van der Waals surface area contributed by atoms with E-state index in [4.69, 9.17) is 0 Å². The Morgan fingerprint density at radius 1 is 1.08 bits per heavy atom. The molecule has 208 valence electrons. The second kappa shape index (κ2) is 14.9. The number of carbonyl (C=O) groups excluding carboxylic acids is 2. The molecule has 1 fully saturated rings. The van der Waals surface area contributed by atoms with Gasteiger partial charge in [-0.25, -0.2) is 0 Å². The zero-order valence-electron chi connectivity index (χ0n) is 23.5. The Bertz CT molecular complexity index is 1030. The van der Waals surface area contributed by atoms with Gasteiger partial charge in [0, 0.05) is 49.0 Å². The molecule has 2 aromatic rings. The monoisotopic (exact) mass is 522 g/mol. The Morgan fingerprint density at radius 2 is 1.84 bits per heavy atom. The van der Waals surface area contributed by atoms with Crippen LogP contribution in [0.1, 0.15) is 75.7 Å². The zero-order valence-corrected chi connectivity index (χ0v) is 23.5. The summed E-state index contributed by atoms with van der Waals surface area (Å²) in [5.41, 5.74) is 3.05. The minimum absolute atomic E-state index is 0.0796. The van der Waals surface area contributed by atoms with Crippen LogP contribution in [0, 0.1) is 5.92 Å². The molecule has 7 nitrogen and oxygen atoms in total. The predicted octanol–water partition coefficient (Wildman–Crippen LogP) is 4.75. The van der Waals surface area contributed by atoms with Crippen LogP contribution in [0.3, 0.4) is 0 Å². The fourth-order valence-electron chi connectivity index (χ4n) is 4.93. The Kier molecular flexibility index (Phi) is 11.6. The van der Waals surface area contributed by atoms with Crippen LogP contribution in [0.15, 0.2) is 48.5 Å². The first kappa shape index (κ1) is 29.7. The number of aliphatic hydroxyl groups is 1. The number of amides is 2. The first-order valence-electron chi connectivity index (χ1n) is 14.2. The van der Waals surface area contributed by atoms with Crippen LogP contribution in [0.4, 0.5) is 11.4 Å². The van der Waals surface area contributed by atoms with E-state index in [1.165, 1.54) is 6.42 Å². The number of nitrogens with zero attached hydrogens (tertiary/aromatic N) is 1. The Labute approximate surface area is 228 Å². The van der Waals surface area contributed by atoms with Crippen LogP contribution in [0.25, 0.3) is 0 Å². The highest BCUT2D eigenvalue weighted by Crippen LogP contribution is 2.27. The summed E-state index contributed by atoms with van der Waals surface area (Å²) in [6.07, 6.45) is 4.50. The molecule has 1 aliphatic heterocycles. The van der Waals surface area contributed by atoms with Crippen molar-refractivity contribution in [2.75, 3.05) is 29.9 Å². The second-order valence-electron chi connectivity index (χ2n) is 10.9. The van der Waals surface area contributed by atoms with Gasteiger partial charge < -0.3 is 26.0 Å². The van der Waals surface area contributed by atoms with Crippen molar-refractivity contribution in [3.8, 4) is 0 Å². The van der Waals surface area contributed by atoms with Crippen LogP contribution >= 0.6 is 0 Å². The van der Waals surface area contributed by atoms with E-state index in [0.29, 0.717) is 44.0 Å². The van der Waals surface area contributed by atoms with Crippen molar-refractivity contribution in [3.05, 3.63) is 59.7 Å². The summed E-state index contributed by atoms with van der Waals surface area (Å²) in [5.74, 6) is 0.506. The lowest BCUT2D eigenvalue weighted by molar-refractivity contribution is -0.117. The third-order valence-corrected chi connectivity index (χ3v) is 7.12. The molecule has 1 heterocycles. The molecule has 3 atom stereocenters. The van der Waals surface area contributed by atoms with Crippen LogP contribution in [0.2, 0.25) is 0 Å². The van der Waals surface area contributed by atoms with E-state index in [2.05, 4.69) is 36.7 Å². The van der Waals surface area contributed by atoms with Crippen molar-refractivity contribution in [1.29, 1.82) is 0 Å². The number of hydrogen-bond donors (Lipinski definition) is 4. The minimum Gasteiger partial charge on any atom is -0.390 e. The highest BCUT2D eigenvalue weighted by molar-refractivity contribution is 6.00. The van der Waals surface area contributed by atoms with Gasteiger partial charge in [-0.05, 0) is 62.8 Å². The molecule has 3 rings (SSSR count). The van der Waals surface area contributed by atoms with Gasteiger partial charge in [0.2, 0.25) is 5.91 Å². The molecule has 7 heteroatoms. The second-order valence-corrected chi connectivity index (χ2v) is 10.9. The average molecular weight is 523 g/mol. The molecule has 0 spiro atoms. The van der Waals surface area contributed by atoms with Gasteiger partial charge in [-0.1, -0.05) is 57.0 Å². The van der Waals surface area contributed by atoms with Crippen LogP contribution in [0.5, 0.6) is 0 Å². The highest BCUT2D eigenvalue weighted by atomic mass is 16.3. The summed E-state index contributed by atoms with van der Waals surface area (Å²) in [7, 11) is 0. The topological polar surface area (TPSA) is 93.7 Å². The first-order chi connectivity index (χ1) is 18.3. The zero-order chi connectivity index (χ0) is 27.5. The van der Waals surface area contributed by atoms with E-state index in [0.717, 1.165) is 36.2 Å². The number of benzene rings is 2. The number of anilines is 2. The Balaban J connectivity index is 1.74. The minimum atomic E-state index is -0.761. The molecule has 0 bridgehead atoms. The molecule has 0 radical (unpaired) electrons. The summed E-state index contributed by atoms with van der Waals surface area (Å²) in [6, 6.07) is 15.2. The van der Waals surface area contributed by atoms with Crippen LogP contribution in [-0.4, -0.2) is 54.7 Å². The average Bonchev–Trinajstić information content (AvgIpc) is 3.33.